The second-order valence-electron chi connectivity index (χ2n) is 4.93. The van der Waals surface area contributed by atoms with Gasteiger partial charge in [0.05, 0.1) is 0 Å². The molecule has 0 spiro atoms. The van der Waals surface area contributed by atoms with E-state index in [9.17, 15) is 14.3 Å². The highest BCUT2D eigenvalue weighted by molar-refractivity contribution is 9.10. The molecule has 104 valence electrons. The van der Waals surface area contributed by atoms with E-state index in [2.05, 4.69) is 15.9 Å². The number of aliphatic carboxylic acids is 1. The summed E-state index contributed by atoms with van der Waals surface area (Å²) in [6.07, 6.45) is 2.51. The molecule has 1 aliphatic rings. The molecule has 3 nitrogen and oxygen atoms in total. The Hall–Kier alpha value is -0.940. The Morgan fingerprint density at radius 1 is 1.53 bits per heavy atom. The number of carboxylic acids is 1. The minimum Gasteiger partial charge on any atom is -0.480 e. The highest BCUT2D eigenvalue weighted by Gasteiger charge is 2.33. The van der Waals surface area contributed by atoms with Gasteiger partial charge >= 0.3 is 5.97 Å². The van der Waals surface area contributed by atoms with Gasteiger partial charge in [0.25, 0.3) is 0 Å². The Morgan fingerprint density at radius 2 is 2.26 bits per heavy atom. The van der Waals surface area contributed by atoms with Crippen LogP contribution in [-0.2, 0) is 4.79 Å². The monoisotopic (exact) mass is 329 g/mol. The van der Waals surface area contributed by atoms with Gasteiger partial charge in [-0.3, -0.25) is 9.69 Å². The Kier molecular flexibility index (Phi) is 4.58. The molecule has 1 aromatic carbocycles. The molecule has 0 aliphatic carbocycles. The Balaban J connectivity index is 2.28. The molecule has 1 aromatic rings. The van der Waals surface area contributed by atoms with Crippen molar-refractivity contribution < 1.29 is 14.3 Å². The third-order valence-electron chi connectivity index (χ3n) is 3.73. The number of rotatable bonds is 3. The Labute approximate surface area is 120 Å². The van der Waals surface area contributed by atoms with Crippen LogP contribution < -0.4 is 0 Å². The van der Waals surface area contributed by atoms with E-state index in [-0.39, 0.29) is 11.9 Å². The molecule has 1 heterocycles. The lowest BCUT2D eigenvalue weighted by atomic mass is 9.97. The number of halogens is 2. The average Bonchev–Trinajstić information content (AvgIpc) is 2.40. The van der Waals surface area contributed by atoms with Crippen molar-refractivity contribution in [3.8, 4) is 0 Å². The first-order valence-corrected chi connectivity index (χ1v) is 7.23. The van der Waals surface area contributed by atoms with Gasteiger partial charge in [-0.15, -0.1) is 0 Å². The van der Waals surface area contributed by atoms with Gasteiger partial charge in [-0.1, -0.05) is 22.4 Å². The van der Waals surface area contributed by atoms with Gasteiger partial charge in [-0.05, 0) is 44.5 Å². The molecule has 1 N–H and O–H groups in total. The minimum absolute atomic E-state index is 0.237. The van der Waals surface area contributed by atoms with E-state index in [1.807, 2.05) is 11.8 Å². The van der Waals surface area contributed by atoms with Crippen LogP contribution >= 0.6 is 15.9 Å². The smallest absolute Gasteiger partial charge is 0.320 e. The first-order valence-electron chi connectivity index (χ1n) is 6.44. The number of likely N-dealkylation sites (tertiary alicyclic amines) is 1. The van der Waals surface area contributed by atoms with Gasteiger partial charge < -0.3 is 5.11 Å². The molecule has 0 aromatic heterocycles. The van der Waals surface area contributed by atoms with E-state index < -0.39 is 12.0 Å². The summed E-state index contributed by atoms with van der Waals surface area (Å²) in [5, 5.41) is 9.28. The third-order valence-corrected chi connectivity index (χ3v) is 4.23. The second kappa shape index (κ2) is 6.01. The van der Waals surface area contributed by atoms with Crippen molar-refractivity contribution in [3.63, 3.8) is 0 Å². The van der Waals surface area contributed by atoms with Crippen LogP contribution in [0.25, 0.3) is 0 Å². The topological polar surface area (TPSA) is 40.5 Å². The van der Waals surface area contributed by atoms with Gasteiger partial charge in [0, 0.05) is 16.1 Å². The fraction of sp³-hybridized carbons (Fsp3) is 0.500. The van der Waals surface area contributed by atoms with Gasteiger partial charge in [0.1, 0.15) is 11.9 Å². The maximum atomic E-state index is 13.9. The van der Waals surface area contributed by atoms with E-state index >= 15 is 0 Å². The summed E-state index contributed by atoms with van der Waals surface area (Å²) in [5.74, 6) is -1.10. The quantitative estimate of drug-likeness (QED) is 0.921. The van der Waals surface area contributed by atoms with E-state index in [0.29, 0.717) is 18.5 Å². The number of carboxylic acid groups (broad SMARTS) is 1. The highest BCUT2D eigenvalue weighted by Crippen LogP contribution is 2.31. The molecule has 0 radical (unpaired) electrons. The SMILES string of the molecule is CC(c1cc(Br)ccc1F)N1CCCCC1C(=O)O. The van der Waals surface area contributed by atoms with E-state index in [0.717, 1.165) is 17.3 Å². The molecule has 5 heteroatoms. The van der Waals surface area contributed by atoms with Crippen LogP contribution in [0.3, 0.4) is 0 Å². The molecule has 0 amide bonds. The molecule has 1 saturated heterocycles. The number of piperidine rings is 1. The maximum absolute atomic E-state index is 13.9. The largest absolute Gasteiger partial charge is 0.480 e. The van der Waals surface area contributed by atoms with Crippen LogP contribution in [0.15, 0.2) is 22.7 Å². The number of hydrogen-bond donors (Lipinski definition) is 1. The molecular formula is C14H17BrFNO2. The van der Waals surface area contributed by atoms with E-state index in [1.54, 1.807) is 12.1 Å². The van der Waals surface area contributed by atoms with Crippen molar-refractivity contribution >= 4 is 21.9 Å². The second-order valence-corrected chi connectivity index (χ2v) is 5.85. The predicted molar refractivity (Wildman–Crippen MR) is 74.5 cm³/mol. The lowest BCUT2D eigenvalue weighted by molar-refractivity contribution is -0.145. The fourth-order valence-corrected chi connectivity index (χ4v) is 3.07. The first kappa shape index (κ1) is 14.5. The fourth-order valence-electron chi connectivity index (χ4n) is 2.70. The molecule has 2 rings (SSSR count). The summed E-state index contributed by atoms with van der Waals surface area (Å²) in [6, 6.07) is 4.04. The standard InChI is InChI=1S/C14H17BrFNO2/c1-9(11-8-10(15)5-6-12(11)16)17-7-3-2-4-13(17)14(18)19/h5-6,8-9,13H,2-4,7H2,1H3,(H,18,19). The van der Waals surface area contributed by atoms with Crippen LogP contribution in [0.2, 0.25) is 0 Å². The minimum atomic E-state index is -0.818. The molecule has 2 unspecified atom stereocenters. The summed E-state index contributed by atoms with van der Waals surface area (Å²) in [4.78, 5) is 13.2. The summed E-state index contributed by atoms with van der Waals surface area (Å²) in [6.45, 7) is 2.57. The van der Waals surface area contributed by atoms with Crippen molar-refractivity contribution in [1.29, 1.82) is 0 Å². The number of benzene rings is 1. The van der Waals surface area contributed by atoms with Gasteiger partial charge in [0.15, 0.2) is 0 Å². The van der Waals surface area contributed by atoms with Gasteiger partial charge in [-0.25, -0.2) is 4.39 Å². The molecule has 0 bridgehead atoms. The first-order chi connectivity index (χ1) is 9.00. The molecule has 1 aliphatic heterocycles. The summed E-state index contributed by atoms with van der Waals surface area (Å²) >= 11 is 3.33. The van der Waals surface area contributed by atoms with Crippen LogP contribution in [0.5, 0.6) is 0 Å². The molecule has 2 atom stereocenters. The van der Waals surface area contributed by atoms with Crippen LogP contribution in [0, 0.1) is 5.82 Å². The van der Waals surface area contributed by atoms with Crippen molar-refractivity contribution in [2.45, 2.75) is 38.3 Å². The summed E-state index contributed by atoms with van der Waals surface area (Å²) in [5.41, 5.74) is 0.544. The lowest BCUT2D eigenvalue weighted by Gasteiger charge is -2.37. The van der Waals surface area contributed by atoms with Crippen LogP contribution in [0.4, 0.5) is 4.39 Å². The molecule has 0 saturated carbocycles. The van der Waals surface area contributed by atoms with Crippen molar-refractivity contribution in [1.82, 2.24) is 4.90 Å². The highest BCUT2D eigenvalue weighted by atomic mass is 79.9. The number of carbonyl (C=O) groups is 1. The average molecular weight is 330 g/mol. The van der Waals surface area contributed by atoms with E-state index in [1.165, 1.54) is 6.07 Å². The molecule has 19 heavy (non-hydrogen) atoms. The predicted octanol–water partition coefficient (Wildman–Crippen LogP) is 3.59. The zero-order valence-corrected chi connectivity index (χ0v) is 12.4. The maximum Gasteiger partial charge on any atom is 0.320 e. The third kappa shape index (κ3) is 3.15. The zero-order chi connectivity index (χ0) is 14.0. The zero-order valence-electron chi connectivity index (χ0n) is 10.8. The Morgan fingerprint density at radius 3 is 2.95 bits per heavy atom. The molecule has 1 fully saturated rings. The summed E-state index contributed by atoms with van der Waals surface area (Å²) < 4.78 is 14.7. The number of hydrogen-bond acceptors (Lipinski definition) is 2. The molecular weight excluding hydrogens is 313 g/mol. The number of nitrogens with zero attached hydrogens (tertiary/aromatic N) is 1. The van der Waals surface area contributed by atoms with Gasteiger partial charge in [-0.2, -0.15) is 0 Å². The van der Waals surface area contributed by atoms with Crippen LogP contribution in [-0.4, -0.2) is 28.6 Å². The van der Waals surface area contributed by atoms with Crippen LogP contribution in [0.1, 0.15) is 37.8 Å². The summed E-state index contributed by atoms with van der Waals surface area (Å²) in [7, 11) is 0. The lowest BCUT2D eigenvalue weighted by Crippen LogP contribution is -2.45. The Bertz CT molecular complexity index is 481. The van der Waals surface area contributed by atoms with E-state index in [4.69, 9.17) is 0 Å². The normalized spacial score (nSPS) is 22.2. The van der Waals surface area contributed by atoms with Gasteiger partial charge in [0.2, 0.25) is 0 Å². The van der Waals surface area contributed by atoms with Crippen molar-refractivity contribution in [2.75, 3.05) is 6.54 Å². The van der Waals surface area contributed by atoms with Crippen molar-refractivity contribution in [2.24, 2.45) is 0 Å². The van der Waals surface area contributed by atoms with Crippen molar-refractivity contribution in [3.05, 3.63) is 34.1 Å².